The number of nitrogens with one attached hydrogen (secondary N) is 1. The predicted octanol–water partition coefficient (Wildman–Crippen LogP) is 2.16. The van der Waals surface area contributed by atoms with Crippen LogP contribution >= 0.6 is 0 Å². The van der Waals surface area contributed by atoms with Crippen LogP contribution in [0.5, 0.6) is 0 Å². The van der Waals surface area contributed by atoms with E-state index in [9.17, 15) is 18.8 Å². The molecule has 0 radical (unpaired) electrons. The van der Waals surface area contributed by atoms with Gasteiger partial charge in [0.25, 0.3) is 0 Å². The number of nitrogens with zero attached hydrogens (tertiary/aromatic N) is 2. The number of amides is 1. The van der Waals surface area contributed by atoms with Gasteiger partial charge in [-0.05, 0) is 42.5 Å². The van der Waals surface area contributed by atoms with Gasteiger partial charge in [0.05, 0.1) is 37.6 Å². The number of piperazine rings is 1. The maximum absolute atomic E-state index is 13.1. The van der Waals surface area contributed by atoms with Crippen molar-refractivity contribution in [2.75, 3.05) is 57.2 Å². The Balaban J connectivity index is 1.62. The summed E-state index contributed by atoms with van der Waals surface area (Å²) in [5, 5.41) is 2.70. The molecule has 0 aromatic heterocycles. The topological polar surface area (TPSA) is 88.2 Å². The van der Waals surface area contributed by atoms with E-state index < -0.39 is 11.9 Å². The fourth-order valence-corrected chi connectivity index (χ4v) is 3.39. The van der Waals surface area contributed by atoms with Crippen molar-refractivity contribution in [1.29, 1.82) is 0 Å². The van der Waals surface area contributed by atoms with Gasteiger partial charge in [-0.25, -0.2) is 14.0 Å². The summed E-state index contributed by atoms with van der Waals surface area (Å²) in [5.74, 6) is -1.80. The molecule has 2 aromatic carbocycles. The molecule has 3 rings (SSSR count). The average Bonchev–Trinajstić information content (AvgIpc) is 2.79. The third kappa shape index (κ3) is 5.58. The molecular formula is C22H24FN3O5. The van der Waals surface area contributed by atoms with Crippen LogP contribution in [0.15, 0.2) is 42.5 Å². The first-order valence-corrected chi connectivity index (χ1v) is 9.74. The first-order valence-electron chi connectivity index (χ1n) is 9.74. The van der Waals surface area contributed by atoms with E-state index in [1.165, 1.54) is 44.6 Å². The molecule has 0 atom stereocenters. The van der Waals surface area contributed by atoms with E-state index in [1.54, 1.807) is 12.1 Å². The quantitative estimate of drug-likeness (QED) is 0.704. The molecule has 1 heterocycles. The van der Waals surface area contributed by atoms with Gasteiger partial charge in [-0.15, -0.1) is 0 Å². The molecule has 9 heteroatoms. The molecule has 0 unspecified atom stereocenters. The lowest BCUT2D eigenvalue weighted by atomic mass is 10.1. The summed E-state index contributed by atoms with van der Waals surface area (Å²) < 4.78 is 22.5. The van der Waals surface area contributed by atoms with Crippen molar-refractivity contribution < 1.29 is 28.2 Å². The number of ether oxygens (including phenoxy) is 2. The Kier molecular flexibility index (Phi) is 7.19. The number of hydrogen-bond donors (Lipinski definition) is 1. The van der Waals surface area contributed by atoms with Gasteiger partial charge in [0.15, 0.2) is 0 Å². The summed E-state index contributed by atoms with van der Waals surface area (Å²) >= 11 is 0. The van der Waals surface area contributed by atoms with Gasteiger partial charge in [0, 0.05) is 31.9 Å². The first-order chi connectivity index (χ1) is 14.9. The van der Waals surface area contributed by atoms with Crippen molar-refractivity contribution in [1.82, 2.24) is 4.90 Å². The van der Waals surface area contributed by atoms with Crippen LogP contribution in [0.4, 0.5) is 15.8 Å². The number of hydrogen-bond acceptors (Lipinski definition) is 7. The maximum Gasteiger partial charge on any atom is 0.339 e. The molecule has 1 saturated heterocycles. The lowest BCUT2D eigenvalue weighted by molar-refractivity contribution is -0.117. The minimum absolute atomic E-state index is 0.125. The molecule has 1 fully saturated rings. The number of esters is 2. The number of benzene rings is 2. The van der Waals surface area contributed by atoms with Gasteiger partial charge in [-0.3, -0.25) is 9.69 Å². The molecule has 0 spiro atoms. The monoisotopic (exact) mass is 429 g/mol. The molecule has 1 N–H and O–H groups in total. The van der Waals surface area contributed by atoms with Crippen LogP contribution in [0, 0.1) is 5.82 Å². The highest BCUT2D eigenvalue weighted by molar-refractivity contribution is 6.03. The van der Waals surface area contributed by atoms with E-state index in [0.29, 0.717) is 26.2 Å². The Hall–Kier alpha value is -3.46. The van der Waals surface area contributed by atoms with Crippen LogP contribution in [-0.4, -0.2) is 69.7 Å². The highest BCUT2D eigenvalue weighted by Crippen LogP contribution is 2.20. The molecule has 31 heavy (non-hydrogen) atoms. The van der Waals surface area contributed by atoms with Gasteiger partial charge in [0.1, 0.15) is 5.82 Å². The third-order valence-electron chi connectivity index (χ3n) is 5.05. The highest BCUT2D eigenvalue weighted by atomic mass is 19.1. The minimum Gasteiger partial charge on any atom is -0.465 e. The summed E-state index contributed by atoms with van der Waals surface area (Å²) in [6, 6.07) is 10.6. The van der Waals surface area contributed by atoms with Crippen molar-refractivity contribution in [3.8, 4) is 0 Å². The van der Waals surface area contributed by atoms with Gasteiger partial charge >= 0.3 is 11.9 Å². The van der Waals surface area contributed by atoms with E-state index in [0.717, 1.165) is 5.69 Å². The number of anilines is 2. The van der Waals surface area contributed by atoms with Crippen LogP contribution in [0.2, 0.25) is 0 Å². The second-order valence-electron chi connectivity index (χ2n) is 7.03. The van der Waals surface area contributed by atoms with Gasteiger partial charge in [-0.1, -0.05) is 0 Å². The maximum atomic E-state index is 13.1. The zero-order valence-corrected chi connectivity index (χ0v) is 17.4. The second-order valence-corrected chi connectivity index (χ2v) is 7.03. The third-order valence-corrected chi connectivity index (χ3v) is 5.05. The van der Waals surface area contributed by atoms with Crippen LogP contribution in [0.1, 0.15) is 20.7 Å². The predicted molar refractivity (Wildman–Crippen MR) is 113 cm³/mol. The molecule has 0 aliphatic carbocycles. The Labute approximate surface area is 179 Å². The fourth-order valence-electron chi connectivity index (χ4n) is 3.39. The summed E-state index contributed by atoms with van der Waals surface area (Å²) in [4.78, 5) is 40.5. The van der Waals surface area contributed by atoms with Crippen LogP contribution in [0.3, 0.4) is 0 Å². The number of rotatable bonds is 6. The molecule has 8 nitrogen and oxygen atoms in total. The summed E-state index contributed by atoms with van der Waals surface area (Å²) in [5.41, 5.74) is 1.47. The molecule has 0 saturated carbocycles. The lowest BCUT2D eigenvalue weighted by Gasteiger charge is -2.35. The number of halogens is 1. The second kappa shape index (κ2) is 10.0. The Morgan fingerprint density at radius 2 is 1.58 bits per heavy atom. The van der Waals surface area contributed by atoms with E-state index in [4.69, 9.17) is 9.47 Å². The van der Waals surface area contributed by atoms with Gasteiger partial charge in [0.2, 0.25) is 5.91 Å². The van der Waals surface area contributed by atoms with Crippen molar-refractivity contribution >= 4 is 29.2 Å². The molecule has 1 aliphatic heterocycles. The Bertz CT molecular complexity index is 956. The number of carbonyl (C=O) groups excluding carboxylic acids is 3. The highest BCUT2D eigenvalue weighted by Gasteiger charge is 2.21. The van der Waals surface area contributed by atoms with E-state index in [1.807, 2.05) is 4.90 Å². The number of carbonyl (C=O) groups is 3. The molecule has 164 valence electrons. The van der Waals surface area contributed by atoms with Gasteiger partial charge < -0.3 is 19.7 Å². The molecule has 1 aliphatic rings. The summed E-state index contributed by atoms with van der Waals surface area (Å²) in [6.07, 6.45) is 0. The standard InChI is InChI=1S/C22H24FN3O5/c1-30-21(28)15-3-8-18(22(29)31-2)19(13-15)24-20(27)14-25-9-11-26(12-10-25)17-6-4-16(23)5-7-17/h3-8,13H,9-12,14H2,1-2H3,(H,24,27). The Morgan fingerprint density at radius 3 is 2.19 bits per heavy atom. The normalized spacial score (nSPS) is 14.1. The zero-order chi connectivity index (χ0) is 22.4. The molecule has 0 bridgehead atoms. The van der Waals surface area contributed by atoms with E-state index >= 15 is 0 Å². The molecule has 2 aromatic rings. The van der Waals surface area contributed by atoms with Crippen LogP contribution in [-0.2, 0) is 14.3 Å². The van der Waals surface area contributed by atoms with Crippen molar-refractivity contribution in [3.63, 3.8) is 0 Å². The smallest absolute Gasteiger partial charge is 0.339 e. The van der Waals surface area contributed by atoms with Crippen LogP contribution < -0.4 is 10.2 Å². The zero-order valence-electron chi connectivity index (χ0n) is 17.4. The van der Waals surface area contributed by atoms with Crippen molar-refractivity contribution in [2.24, 2.45) is 0 Å². The molecule has 1 amide bonds. The SMILES string of the molecule is COC(=O)c1ccc(C(=O)OC)c(NC(=O)CN2CCN(c3ccc(F)cc3)CC2)c1. The minimum atomic E-state index is -0.625. The first kappa shape index (κ1) is 22.2. The lowest BCUT2D eigenvalue weighted by Crippen LogP contribution is -2.48. The van der Waals surface area contributed by atoms with Crippen molar-refractivity contribution in [2.45, 2.75) is 0 Å². The van der Waals surface area contributed by atoms with E-state index in [-0.39, 0.29) is 35.1 Å². The largest absolute Gasteiger partial charge is 0.465 e. The molecular weight excluding hydrogens is 405 g/mol. The number of methoxy groups -OCH3 is 2. The van der Waals surface area contributed by atoms with Crippen molar-refractivity contribution in [3.05, 3.63) is 59.4 Å². The van der Waals surface area contributed by atoms with E-state index in [2.05, 4.69) is 10.2 Å². The fraction of sp³-hybridized carbons (Fsp3) is 0.318. The summed E-state index contributed by atoms with van der Waals surface area (Å²) in [7, 11) is 2.49. The van der Waals surface area contributed by atoms with Crippen LogP contribution in [0.25, 0.3) is 0 Å². The average molecular weight is 429 g/mol. The summed E-state index contributed by atoms with van der Waals surface area (Å²) in [6.45, 7) is 2.82. The Morgan fingerprint density at radius 1 is 0.935 bits per heavy atom. The van der Waals surface area contributed by atoms with Gasteiger partial charge in [-0.2, -0.15) is 0 Å².